The smallest absolute Gasteiger partial charge is 0.149 e. The van der Waals surface area contributed by atoms with Crippen LogP contribution in [0.15, 0.2) is 54.6 Å². The van der Waals surface area contributed by atoms with Crippen LogP contribution in [-0.2, 0) is 0 Å². The highest BCUT2D eigenvalue weighted by molar-refractivity contribution is 6.84. The van der Waals surface area contributed by atoms with Gasteiger partial charge >= 0.3 is 0 Å². The lowest BCUT2D eigenvalue weighted by atomic mass is 10.2. The van der Waals surface area contributed by atoms with Gasteiger partial charge in [-0.2, -0.15) is 0 Å². The minimum atomic E-state index is -0.818. The third-order valence-electron chi connectivity index (χ3n) is 2.70. The molecule has 0 aromatic heterocycles. The molecule has 1 radical (unpaired) electrons. The van der Waals surface area contributed by atoms with Gasteiger partial charge in [-0.1, -0.05) is 66.3 Å². The lowest BCUT2D eigenvalue weighted by Gasteiger charge is -2.12. The van der Waals surface area contributed by atoms with Crippen LogP contribution in [0.1, 0.15) is 10.4 Å². The highest BCUT2D eigenvalue weighted by atomic mass is 28.3. The fourth-order valence-electron chi connectivity index (χ4n) is 1.78. The molecule has 0 aliphatic carbocycles. The minimum Gasteiger partial charge on any atom is -0.298 e. The van der Waals surface area contributed by atoms with Gasteiger partial charge in [-0.05, 0) is 5.19 Å². The first kappa shape index (κ1) is 10.8. The molecule has 0 spiro atoms. The van der Waals surface area contributed by atoms with E-state index >= 15 is 0 Å². The SMILES string of the molecule is C[Si](c1ccccc1)c1ccccc1C=O. The summed E-state index contributed by atoms with van der Waals surface area (Å²) in [7, 11) is -0.818. The monoisotopic (exact) mass is 225 g/mol. The Balaban J connectivity index is 2.41. The van der Waals surface area contributed by atoms with Gasteiger partial charge in [0.1, 0.15) is 15.1 Å². The molecule has 0 fully saturated rings. The Kier molecular flexibility index (Phi) is 3.32. The zero-order valence-corrected chi connectivity index (χ0v) is 10.2. The first-order valence-corrected chi connectivity index (χ1v) is 7.26. The maximum Gasteiger partial charge on any atom is 0.149 e. The molecule has 0 aliphatic rings. The van der Waals surface area contributed by atoms with Crippen molar-refractivity contribution in [3.8, 4) is 0 Å². The summed E-state index contributed by atoms with van der Waals surface area (Å²) in [6.07, 6.45) is 0.951. The number of carbonyl (C=O) groups is 1. The van der Waals surface area contributed by atoms with Gasteiger partial charge in [0, 0.05) is 5.56 Å². The molecule has 1 nitrogen and oxygen atoms in total. The Bertz CT molecular complexity index is 479. The molecule has 0 bridgehead atoms. The topological polar surface area (TPSA) is 17.1 Å². The van der Waals surface area contributed by atoms with Crippen LogP contribution in [0.2, 0.25) is 6.55 Å². The Morgan fingerprint density at radius 2 is 1.56 bits per heavy atom. The lowest BCUT2D eigenvalue weighted by Crippen LogP contribution is -2.40. The molecule has 0 N–H and O–H groups in total. The molecule has 0 atom stereocenters. The molecule has 16 heavy (non-hydrogen) atoms. The minimum absolute atomic E-state index is 0.818. The van der Waals surface area contributed by atoms with E-state index in [0.29, 0.717) is 0 Å². The Hall–Kier alpha value is -1.67. The molecule has 0 saturated heterocycles. The van der Waals surface area contributed by atoms with Crippen LogP contribution in [0.5, 0.6) is 0 Å². The average Bonchev–Trinajstić information content (AvgIpc) is 2.39. The summed E-state index contributed by atoms with van der Waals surface area (Å²) in [5, 5.41) is 2.52. The molecule has 0 saturated carbocycles. The van der Waals surface area contributed by atoms with Crippen LogP contribution >= 0.6 is 0 Å². The fraction of sp³-hybridized carbons (Fsp3) is 0.0714. The number of benzene rings is 2. The Morgan fingerprint density at radius 3 is 2.25 bits per heavy atom. The van der Waals surface area contributed by atoms with Gasteiger partial charge in [0.25, 0.3) is 0 Å². The van der Waals surface area contributed by atoms with Crippen molar-refractivity contribution in [2.45, 2.75) is 6.55 Å². The van der Waals surface area contributed by atoms with Crippen molar-refractivity contribution in [3.05, 3.63) is 60.2 Å². The predicted molar refractivity (Wildman–Crippen MR) is 69.2 cm³/mol. The van der Waals surface area contributed by atoms with Crippen LogP contribution < -0.4 is 10.4 Å². The second kappa shape index (κ2) is 4.90. The standard InChI is InChI=1S/C14H13OSi/c1-16(13-8-3-2-4-9-13)14-10-6-5-7-12(14)11-15/h2-11H,1H3. The van der Waals surface area contributed by atoms with Gasteiger partial charge in [0.15, 0.2) is 0 Å². The summed E-state index contributed by atoms with van der Waals surface area (Å²) in [5.41, 5.74) is 0.822. The van der Waals surface area contributed by atoms with E-state index in [4.69, 9.17) is 0 Å². The van der Waals surface area contributed by atoms with E-state index in [0.717, 1.165) is 11.8 Å². The molecule has 2 rings (SSSR count). The fourth-order valence-corrected chi connectivity index (χ4v) is 3.71. The van der Waals surface area contributed by atoms with Crippen molar-refractivity contribution in [1.82, 2.24) is 0 Å². The molecule has 2 heteroatoms. The normalized spacial score (nSPS) is 10.4. The zero-order chi connectivity index (χ0) is 11.4. The summed E-state index contributed by atoms with van der Waals surface area (Å²) < 4.78 is 0. The molecule has 0 unspecified atom stereocenters. The summed E-state index contributed by atoms with van der Waals surface area (Å²) >= 11 is 0. The van der Waals surface area contributed by atoms with E-state index in [1.54, 1.807) is 0 Å². The third-order valence-corrected chi connectivity index (χ3v) is 5.16. The summed E-state index contributed by atoms with van der Waals surface area (Å²) in [5.74, 6) is 0. The molecule has 0 aliphatic heterocycles. The highest BCUT2D eigenvalue weighted by Gasteiger charge is 2.13. The maximum absolute atomic E-state index is 11.0. The second-order valence-corrected chi connectivity index (χ2v) is 6.06. The van der Waals surface area contributed by atoms with Gasteiger partial charge in [-0.15, -0.1) is 0 Å². The zero-order valence-electron chi connectivity index (χ0n) is 9.18. The van der Waals surface area contributed by atoms with Gasteiger partial charge in [-0.3, -0.25) is 4.79 Å². The van der Waals surface area contributed by atoms with E-state index in [1.807, 2.05) is 36.4 Å². The lowest BCUT2D eigenvalue weighted by molar-refractivity contribution is 0.112. The predicted octanol–water partition coefficient (Wildman–Crippen LogP) is 1.74. The summed E-state index contributed by atoms with van der Waals surface area (Å²) in [4.78, 5) is 11.0. The number of carbonyl (C=O) groups excluding carboxylic acids is 1. The van der Waals surface area contributed by atoms with Gasteiger partial charge < -0.3 is 0 Å². The van der Waals surface area contributed by atoms with Crippen molar-refractivity contribution >= 4 is 25.5 Å². The molecule has 0 amide bonds. The largest absolute Gasteiger partial charge is 0.298 e. The van der Waals surface area contributed by atoms with Crippen molar-refractivity contribution in [3.63, 3.8) is 0 Å². The average molecular weight is 225 g/mol. The van der Waals surface area contributed by atoms with Crippen molar-refractivity contribution < 1.29 is 4.79 Å². The Labute approximate surface area is 97.4 Å². The number of aldehydes is 1. The van der Waals surface area contributed by atoms with Gasteiger partial charge in [-0.25, -0.2) is 0 Å². The van der Waals surface area contributed by atoms with Crippen LogP contribution in [0.3, 0.4) is 0 Å². The van der Waals surface area contributed by atoms with E-state index < -0.39 is 8.80 Å². The highest BCUT2D eigenvalue weighted by Crippen LogP contribution is 1.97. The van der Waals surface area contributed by atoms with E-state index in [-0.39, 0.29) is 0 Å². The second-order valence-electron chi connectivity index (χ2n) is 3.70. The third kappa shape index (κ3) is 2.12. The molecule has 2 aromatic rings. The first-order chi connectivity index (χ1) is 7.83. The first-order valence-electron chi connectivity index (χ1n) is 5.26. The van der Waals surface area contributed by atoms with E-state index in [1.165, 1.54) is 10.4 Å². The van der Waals surface area contributed by atoms with Crippen molar-refractivity contribution in [1.29, 1.82) is 0 Å². The summed E-state index contributed by atoms with van der Waals surface area (Å²) in [6.45, 7) is 2.22. The molecule has 2 aromatic carbocycles. The van der Waals surface area contributed by atoms with Crippen LogP contribution in [0.25, 0.3) is 0 Å². The van der Waals surface area contributed by atoms with E-state index in [2.05, 4.69) is 24.7 Å². The maximum atomic E-state index is 11.0. The Morgan fingerprint density at radius 1 is 0.938 bits per heavy atom. The molecular weight excluding hydrogens is 212 g/mol. The van der Waals surface area contributed by atoms with Crippen LogP contribution in [-0.4, -0.2) is 15.1 Å². The number of rotatable bonds is 3. The quantitative estimate of drug-likeness (QED) is 0.574. The van der Waals surface area contributed by atoms with Gasteiger partial charge in [0.2, 0.25) is 0 Å². The van der Waals surface area contributed by atoms with Crippen molar-refractivity contribution in [2.75, 3.05) is 0 Å². The molecular formula is C14H13OSi. The van der Waals surface area contributed by atoms with Crippen LogP contribution in [0, 0.1) is 0 Å². The molecule has 0 heterocycles. The summed E-state index contributed by atoms with van der Waals surface area (Å²) in [6, 6.07) is 18.2. The molecule has 79 valence electrons. The number of hydrogen-bond acceptors (Lipinski definition) is 1. The van der Waals surface area contributed by atoms with E-state index in [9.17, 15) is 4.79 Å². The van der Waals surface area contributed by atoms with Crippen LogP contribution in [0.4, 0.5) is 0 Å². The van der Waals surface area contributed by atoms with Crippen molar-refractivity contribution in [2.24, 2.45) is 0 Å². The van der Waals surface area contributed by atoms with Gasteiger partial charge in [0.05, 0.1) is 0 Å². The number of hydrogen-bond donors (Lipinski definition) is 0.